The second-order valence-electron chi connectivity index (χ2n) is 15.6. The Hall–Kier alpha value is -6.02. The largest absolute Gasteiger partial charge is 0.489 e. The fourth-order valence-corrected chi connectivity index (χ4v) is 8.53. The number of amides is 2. The molecule has 0 spiro atoms. The number of hydrogen-bond donors (Lipinski definition) is 2. The monoisotopic (exact) mass is 843 g/mol. The van der Waals surface area contributed by atoms with E-state index in [2.05, 4.69) is 11.4 Å². The van der Waals surface area contributed by atoms with E-state index >= 15 is 0 Å². The second kappa shape index (κ2) is 18.1. The van der Waals surface area contributed by atoms with Crippen LogP contribution in [0.25, 0.3) is 11.1 Å². The number of carbonyl (C=O) groups is 3. The molecule has 0 aromatic heterocycles. The van der Waals surface area contributed by atoms with Gasteiger partial charge in [0.25, 0.3) is 0 Å². The first-order valence-corrected chi connectivity index (χ1v) is 20.9. The summed E-state index contributed by atoms with van der Waals surface area (Å²) < 4.78 is 18.7. The number of halogens is 2. The number of carboxylic acid groups (broad SMARTS) is 1. The van der Waals surface area contributed by atoms with Gasteiger partial charge in [-0.3, -0.25) is 9.59 Å². The number of nitrogens with zero attached hydrogens (tertiary/aromatic N) is 2. The van der Waals surface area contributed by atoms with Crippen molar-refractivity contribution in [3.8, 4) is 34.4 Å². The molecule has 0 saturated heterocycles. The molecule has 3 atom stereocenters. The Morgan fingerprint density at radius 1 is 0.833 bits per heavy atom. The Morgan fingerprint density at radius 2 is 1.52 bits per heavy atom. The van der Waals surface area contributed by atoms with E-state index in [1.165, 1.54) is 0 Å². The molecular formula is C48H43Cl2N3O7. The quantitative estimate of drug-likeness (QED) is 0.134. The van der Waals surface area contributed by atoms with Crippen LogP contribution in [0.2, 0.25) is 10.0 Å². The lowest BCUT2D eigenvalue weighted by Crippen LogP contribution is -2.57. The van der Waals surface area contributed by atoms with Gasteiger partial charge in [0.2, 0.25) is 11.8 Å². The maximum Gasteiger partial charge on any atom is 0.326 e. The summed E-state index contributed by atoms with van der Waals surface area (Å²) in [5.74, 6) is -0.175. The van der Waals surface area contributed by atoms with E-state index in [0.29, 0.717) is 39.5 Å². The number of ether oxygens (including phenoxy) is 3. The number of carboxylic acids is 1. The number of aliphatic carboxylic acids is 1. The maximum absolute atomic E-state index is 14.2. The lowest BCUT2D eigenvalue weighted by atomic mass is 9.85. The first kappa shape index (κ1) is 40.7. The molecule has 1 fully saturated rings. The smallest absolute Gasteiger partial charge is 0.326 e. The van der Waals surface area contributed by atoms with Gasteiger partial charge in [-0.25, -0.2) is 4.79 Å². The highest BCUT2D eigenvalue weighted by Crippen LogP contribution is 2.41. The summed E-state index contributed by atoms with van der Waals surface area (Å²) in [5.41, 5.74) is 6.64. The summed E-state index contributed by atoms with van der Waals surface area (Å²) in [7, 11) is 0. The van der Waals surface area contributed by atoms with E-state index in [-0.39, 0.29) is 43.9 Å². The average Bonchev–Trinajstić information content (AvgIpc) is 3.28. The Bertz CT molecular complexity index is 2430. The zero-order valence-electron chi connectivity index (χ0n) is 32.7. The molecule has 60 heavy (non-hydrogen) atoms. The van der Waals surface area contributed by atoms with Crippen molar-refractivity contribution in [2.45, 2.75) is 76.3 Å². The average molecular weight is 845 g/mol. The Labute approximate surface area is 358 Å². The summed E-state index contributed by atoms with van der Waals surface area (Å²) in [5, 5.41) is 23.1. The first-order chi connectivity index (χ1) is 29.1. The first-order valence-electron chi connectivity index (χ1n) is 20.2. The predicted octanol–water partition coefficient (Wildman–Crippen LogP) is 9.27. The minimum atomic E-state index is -1.22. The van der Waals surface area contributed by atoms with E-state index in [9.17, 15) is 19.5 Å². The van der Waals surface area contributed by atoms with Crippen LogP contribution in [0.15, 0.2) is 103 Å². The number of nitrogens with one attached hydrogen (secondary N) is 1. The molecule has 10 nitrogen and oxygen atoms in total. The van der Waals surface area contributed by atoms with Gasteiger partial charge in [0.05, 0.1) is 21.7 Å². The van der Waals surface area contributed by atoms with Crippen molar-refractivity contribution in [3.05, 3.63) is 147 Å². The number of hydrogen-bond acceptors (Lipinski definition) is 7. The van der Waals surface area contributed by atoms with Gasteiger partial charge in [-0.15, -0.1) is 0 Å². The van der Waals surface area contributed by atoms with Gasteiger partial charge >= 0.3 is 5.97 Å². The van der Waals surface area contributed by atoms with E-state index in [1.807, 2.05) is 78.9 Å². The lowest BCUT2D eigenvalue weighted by Gasteiger charge is -2.39. The van der Waals surface area contributed by atoms with Gasteiger partial charge < -0.3 is 29.5 Å². The summed E-state index contributed by atoms with van der Waals surface area (Å²) in [6.07, 6.45) is 4.37. The molecule has 3 aliphatic rings. The zero-order chi connectivity index (χ0) is 41.8. The molecule has 12 heteroatoms. The van der Waals surface area contributed by atoms with Crippen LogP contribution in [0.5, 0.6) is 17.2 Å². The SMILES string of the molecule is N#Cc1ccc(-c2ccc(CC(NC(=O)[C@@H]3Cc4cc5c(cc4CN3C(=O)C3CCCCC3)O[C@@H](c3ccc(OCc4ccc(Cl)c(Cl)c4)cc3)CO5)C(=O)O)cc2)cc1. The molecule has 2 N–H and O–H groups in total. The maximum atomic E-state index is 14.2. The van der Waals surface area contributed by atoms with Crippen molar-refractivity contribution in [1.82, 2.24) is 10.2 Å². The van der Waals surface area contributed by atoms with E-state index < -0.39 is 24.0 Å². The Morgan fingerprint density at radius 3 is 2.20 bits per heavy atom. The van der Waals surface area contributed by atoms with Crippen LogP contribution in [0.3, 0.4) is 0 Å². The van der Waals surface area contributed by atoms with Crippen LogP contribution >= 0.6 is 23.2 Å². The van der Waals surface area contributed by atoms with Gasteiger partial charge in [-0.05, 0) is 100 Å². The highest BCUT2D eigenvalue weighted by atomic mass is 35.5. The summed E-state index contributed by atoms with van der Waals surface area (Å²) >= 11 is 12.2. The molecule has 5 aromatic rings. The highest BCUT2D eigenvalue weighted by Gasteiger charge is 2.40. The van der Waals surface area contributed by atoms with Crippen LogP contribution in [0.4, 0.5) is 0 Å². The summed E-state index contributed by atoms with van der Waals surface area (Å²) in [4.78, 5) is 42.6. The topological polar surface area (TPSA) is 138 Å². The molecule has 8 rings (SSSR count). The van der Waals surface area contributed by atoms with Crippen molar-refractivity contribution in [2.24, 2.45) is 5.92 Å². The highest BCUT2D eigenvalue weighted by molar-refractivity contribution is 6.42. The van der Waals surface area contributed by atoms with Crippen molar-refractivity contribution in [1.29, 1.82) is 5.26 Å². The molecule has 1 saturated carbocycles. The van der Waals surface area contributed by atoms with Gasteiger partial charge in [0, 0.05) is 25.3 Å². The number of carbonyl (C=O) groups excluding carboxylic acids is 2. The zero-order valence-corrected chi connectivity index (χ0v) is 34.3. The molecule has 5 aromatic carbocycles. The van der Waals surface area contributed by atoms with Crippen molar-refractivity contribution in [2.75, 3.05) is 6.61 Å². The molecule has 0 radical (unpaired) electrons. The number of fused-ring (bicyclic) bond motifs is 2. The van der Waals surface area contributed by atoms with Crippen LogP contribution < -0.4 is 19.5 Å². The van der Waals surface area contributed by atoms with Crippen molar-refractivity contribution < 1.29 is 33.7 Å². The lowest BCUT2D eigenvalue weighted by molar-refractivity contribution is -0.147. The van der Waals surface area contributed by atoms with Gasteiger partial charge in [-0.1, -0.05) is 97.1 Å². The molecular weight excluding hydrogens is 801 g/mol. The van der Waals surface area contributed by atoms with Crippen LogP contribution in [-0.4, -0.2) is 46.5 Å². The van der Waals surface area contributed by atoms with Crippen molar-refractivity contribution in [3.63, 3.8) is 0 Å². The van der Waals surface area contributed by atoms with Gasteiger partial charge in [0.15, 0.2) is 17.6 Å². The summed E-state index contributed by atoms with van der Waals surface area (Å²) in [6, 6.07) is 31.5. The van der Waals surface area contributed by atoms with Crippen molar-refractivity contribution >= 4 is 41.0 Å². The number of benzene rings is 5. The molecule has 2 heterocycles. The van der Waals surface area contributed by atoms with Crippen LogP contribution in [-0.2, 0) is 40.4 Å². The number of nitriles is 1. The number of rotatable bonds is 11. The minimum absolute atomic E-state index is 0.0585. The predicted molar refractivity (Wildman–Crippen MR) is 227 cm³/mol. The van der Waals surface area contributed by atoms with Crippen LogP contribution in [0.1, 0.15) is 71.6 Å². The van der Waals surface area contributed by atoms with E-state index in [1.54, 1.807) is 29.2 Å². The molecule has 1 unspecified atom stereocenters. The van der Waals surface area contributed by atoms with E-state index in [4.69, 9.17) is 42.7 Å². The minimum Gasteiger partial charge on any atom is -0.489 e. The third-order valence-electron chi connectivity index (χ3n) is 11.6. The third-order valence-corrected chi connectivity index (χ3v) is 12.3. The molecule has 0 bridgehead atoms. The Balaban J connectivity index is 0.965. The second-order valence-corrected chi connectivity index (χ2v) is 16.4. The van der Waals surface area contributed by atoms with Crippen LogP contribution in [0, 0.1) is 17.2 Å². The van der Waals surface area contributed by atoms with E-state index in [0.717, 1.165) is 71.0 Å². The fraction of sp³-hybridized carbons (Fsp3) is 0.292. The summed E-state index contributed by atoms with van der Waals surface area (Å²) in [6.45, 7) is 0.779. The van der Waals surface area contributed by atoms with Gasteiger partial charge in [0.1, 0.15) is 31.0 Å². The molecule has 2 aliphatic heterocycles. The molecule has 2 amide bonds. The van der Waals surface area contributed by atoms with Gasteiger partial charge in [-0.2, -0.15) is 5.26 Å². The standard InChI is InChI=1S/C48H43Cl2N3O7/c49-39-19-10-31(20-40(39)50)27-58-38-17-15-34(16-18-38)45-28-59-43-23-36-22-42(53(26-37(36)24-44(43)60-45)47(55)35-4-2-1-3-5-35)46(54)52-41(48(56)57)21-29-6-11-32(12-7-29)33-13-8-30(25-51)9-14-33/h6-20,23-24,35,41-42,45H,1-5,21-22,26-28H2,(H,52,54)(H,56,57)/t41?,42-,45+/m0/s1. The third kappa shape index (κ3) is 9.23. The molecule has 1 aliphatic carbocycles. The normalized spacial score (nSPS) is 17.8. The Kier molecular flexibility index (Phi) is 12.3. The molecule has 306 valence electrons. The fourth-order valence-electron chi connectivity index (χ4n) is 8.21.